The first-order valence-corrected chi connectivity index (χ1v) is 7.11. The van der Waals surface area contributed by atoms with E-state index in [1.165, 1.54) is 25.3 Å². The monoisotopic (exact) mass is 276 g/mol. The minimum atomic E-state index is -0.424. The van der Waals surface area contributed by atoms with E-state index < -0.39 is 4.92 Å². The topological polar surface area (TPSA) is 72.2 Å². The third kappa shape index (κ3) is 3.79. The van der Waals surface area contributed by atoms with Crippen molar-refractivity contribution in [2.24, 2.45) is 5.92 Å². The van der Waals surface area contributed by atoms with Gasteiger partial charge in [-0.2, -0.15) is 0 Å². The Labute approximate surface area is 118 Å². The van der Waals surface area contributed by atoms with E-state index in [0.29, 0.717) is 23.6 Å². The molecule has 0 aromatic heterocycles. The van der Waals surface area contributed by atoms with Crippen LogP contribution < -0.4 is 5.32 Å². The lowest BCUT2D eigenvalue weighted by molar-refractivity contribution is -0.385. The fraction of sp³-hybridized carbons (Fsp3) is 0.533. The number of hydrogen-bond acceptors (Lipinski definition) is 3. The summed E-state index contributed by atoms with van der Waals surface area (Å²) >= 11 is 0. The van der Waals surface area contributed by atoms with Crippen LogP contribution in [0.25, 0.3) is 0 Å². The van der Waals surface area contributed by atoms with Gasteiger partial charge in [-0.1, -0.05) is 25.3 Å². The summed E-state index contributed by atoms with van der Waals surface area (Å²) in [7, 11) is 0. The summed E-state index contributed by atoms with van der Waals surface area (Å²) in [4.78, 5) is 22.4. The summed E-state index contributed by atoms with van der Waals surface area (Å²) in [5.74, 6) is 0.416. The molecule has 1 amide bonds. The Morgan fingerprint density at radius 1 is 1.35 bits per heavy atom. The van der Waals surface area contributed by atoms with Gasteiger partial charge in [0.2, 0.25) is 5.91 Å². The lowest BCUT2D eigenvalue weighted by Crippen LogP contribution is -2.18. The van der Waals surface area contributed by atoms with Gasteiger partial charge in [0.15, 0.2) is 0 Å². The molecular formula is C15H20N2O3. The molecule has 5 nitrogen and oxygen atoms in total. The molecule has 0 radical (unpaired) electrons. The lowest BCUT2D eigenvalue weighted by Gasteiger charge is -2.20. The highest BCUT2D eigenvalue weighted by Gasteiger charge is 2.18. The minimum absolute atomic E-state index is 0.0421. The second-order valence-corrected chi connectivity index (χ2v) is 5.51. The smallest absolute Gasteiger partial charge is 0.274 e. The Balaban J connectivity index is 1.96. The largest absolute Gasteiger partial charge is 0.326 e. The zero-order valence-corrected chi connectivity index (χ0v) is 11.7. The van der Waals surface area contributed by atoms with Crippen molar-refractivity contribution in [2.45, 2.75) is 45.4 Å². The molecular weight excluding hydrogens is 256 g/mol. The summed E-state index contributed by atoms with van der Waals surface area (Å²) < 4.78 is 0. The van der Waals surface area contributed by atoms with Crippen LogP contribution in [0.3, 0.4) is 0 Å². The van der Waals surface area contributed by atoms with Crippen molar-refractivity contribution in [1.29, 1.82) is 0 Å². The van der Waals surface area contributed by atoms with E-state index in [2.05, 4.69) is 5.32 Å². The van der Waals surface area contributed by atoms with E-state index in [-0.39, 0.29) is 11.6 Å². The summed E-state index contributed by atoms with van der Waals surface area (Å²) in [5.41, 5.74) is 1.14. The first kappa shape index (κ1) is 14.5. The number of rotatable bonds is 4. The first-order chi connectivity index (χ1) is 9.56. The molecule has 1 fully saturated rings. The maximum absolute atomic E-state index is 12.0. The van der Waals surface area contributed by atoms with Gasteiger partial charge in [0.05, 0.1) is 4.92 Å². The van der Waals surface area contributed by atoms with Crippen molar-refractivity contribution < 1.29 is 9.72 Å². The van der Waals surface area contributed by atoms with Gasteiger partial charge in [-0.15, -0.1) is 0 Å². The van der Waals surface area contributed by atoms with E-state index in [0.717, 1.165) is 12.8 Å². The van der Waals surface area contributed by atoms with E-state index in [1.54, 1.807) is 19.1 Å². The molecule has 0 heterocycles. The summed E-state index contributed by atoms with van der Waals surface area (Å²) in [6, 6.07) is 4.80. The quantitative estimate of drug-likeness (QED) is 0.671. The number of carbonyl (C=O) groups excluding carboxylic acids is 1. The SMILES string of the molecule is Cc1ccc(NC(=O)CC2CCCCC2)cc1[N+](=O)[O-]. The van der Waals surface area contributed by atoms with Crippen molar-refractivity contribution in [3.8, 4) is 0 Å². The normalized spacial score (nSPS) is 15.8. The third-order valence-electron chi connectivity index (χ3n) is 3.89. The maximum atomic E-state index is 12.0. The van der Waals surface area contributed by atoms with Crippen molar-refractivity contribution in [3.63, 3.8) is 0 Å². The number of nitrogens with zero attached hydrogens (tertiary/aromatic N) is 1. The van der Waals surface area contributed by atoms with Gasteiger partial charge in [0.1, 0.15) is 0 Å². The molecule has 1 aliphatic carbocycles. The van der Waals surface area contributed by atoms with Crippen LogP contribution in [-0.4, -0.2) is 10.8 Å². The molecule has 0 spiro atoms. The van der Waals surface area contributed by atoms with Crippen LogP contribution in [0.1, 0.15) is 44.1 Å². The van der Waals surface area contributed by atoms with Crippen LogP contribution in [0.5, 0.6) is 0 Å². The van der Waals surface area contributed by atoms with Crippen LogP contribution >= 0.6 is 0 Å². The number of aryl methyl sites for hydroxylation is 1. The fourth-order valence-electron chi connectivity index (χ4n) is 2.75. The van der Waals surface area contributed by atoms with Crippen molar-refractivity contribution in [1.82, 2.24) is 0 Å². The van der Waals surface area contributed by atoms with E-state index in [4.69, 9.17) is 0 Å². The molecule has 2 rings (SSSR count). The molecule has 108 valence electrons. The van der Waals surface area contributed by atoms with Crippen molar-refractivity contribution in [3.05, 3.63) is 33.9 Å². The van der Waals surface area contributed by atoms with Crippen LogP contribution in [-0.2, 0) is 4.79 Å². The number of nitro groups is 1. The van der Waals surface area contributed by atoms with Crippen molar-refractivity contribution >= 4 is 17.3 Å². The molecule has 1 aliphatic rings. The molecule has 20 heavy (non-hydrogen) atoms. The number of hydrogen-bond donors (Lipinski definition) is 1. The van der Waals surface area contributed by atoms with Crippen LogP contribution in [0.15, 0.2) is 18.2 Å². The highest BCUT2D eigenvalue weighted by atomic mass is 16.6. The van der Waals surface area contributed by atoms with Crippen molar-refractivity contribution in [2.75, 3.05) is 5.32 Å². The van der Waals surface area contributed by atoms with Crippen LogP contribution in [0.4, 0.5) is 11.4 Å². The Morgan fingerprint density at radius 3 is 2.70 bits per heavy atom. The lowest BCUT2D eigenvalue weighted by atomic mass is 9.87. The van der Waals surface area contributed by atoms with Gasteiger partial charge in [-0.25, -0.2) is 0 Å². The second-order valence-electron chi connectivity index (χ2n) is 5.51. The van der Waals surface area contributed by atoms with Gasteiger partial charge in [-0.05, 0) is 31.7 Å². The second kappa shape index (κ2) is 6.50. The van der Waals surface area contributed by atoms with Crippen LogP contribution in [0.2, 0.25) is 0 Å². The fourth-order valence-corrected chi connectivity index (χ4v) is 2.75. The predicted molar refractivity (Wildman–Crippen MR) is 77.7 cm³/mol. The Bertz CT molecular complexity index is 508. The average Bonchev–Trinajstić information content (AvgIpc) is 2.41. The van der Waals surface area contributed by atoms with Gasteiger partial charge in [-0.3, -0.25) is 14.9 Å². The first-order valence-electron chi connectivity index (χ1n) is 7.11. The predicted octanol–water partition coefficient (Wildman–Crippen LogP) is 3.81. The third-order valence-corrected chi connectivity index (χ3v) is 3.89. The Kier molecular flexibility index (Phi) is 4.71. The molecule has 5 heteroatoms. The number of carbonyl (C=O) groups is 1. The van der Waals surface area contributed by atoms with Crippen LogP contribution in [0, 0.1) is 23.0 Å². The Hall–Kier alpha value is -1.91. The maximum Gasteiger partial charge on any atom is 0.274 e. The zero-order valence-electron chi connectivity index (χ0n) is 11.7. The molecule has 1 aromatic carbocycles. The standard InChI is InChI=1S/C15H20N2O3/c1-11-7-8-13(10-14(11)17(19)20)16-15(18)9-12-5-3-2-4-6-12/h7-8,10,12H,2-6,9H2,1H3,(H,16,18). The van der Waals surface area contributed by atoms with Gasteiger partial charge in [0, 0.05) is 23.7 Å². The summed E-state index contributed by atoms with van der Waals surface area (Å²) in [6.45, 7) is 1.69. The number of amides is 1. The highest BCUT2D eigenvalue weighted by Crippen LogP contribution is 2.27. The summed E-state index contributed by atoms with van der Waals surface area (Å²) in [5, 5.41) is 13.6. The summed E-state index contributed by atoms with van der Waals surface area (Å²) in [6.07, 6.45) is 6.41. The molecule has 0 saturated heterocycles. The average molecular weight is 276 g/mol. The molecule has 0 atom stereocenters. The van der Waals surface area contributed by atoms with E-state index >= 15 is 0 Å². The molecule has 1 aromatic rings. The number of benzene rings is 1. The number of anilines is 1. The number of nitrogens with one attached hydrogen (secondary N) is 1. The van der Waals surface area contributed by atoms with E-state index in [1.807, 2.05) is 0 Å². The highest BCUT2D eigenvalue weighted by molar-refractivity contribution is 5.91. The van der Waals surface area contributed by atoms with Gasteiger partial charge >= 0.3 is 0 Å². The molecule has 0 bridgehead atoms. The van der Waals surface area contributed by atoms with Gasteiger partial charge in [0.25, 0.3) is 5.69 Å². The number of nitro benzene ring substituents is 1. The Morgan fingerprint density at radius 2 is 2.05 bits per heavy atom. The minimum Gasteiger partial charge on any atom is -0.326 e. The zero-order chi connectivity index (χ0) is 14.5. The molecule has 1 N–H and O–H groups in total. The molecule has 1 saturated carbocycles. The van der Waals surface area contributed by atoms with E-state index in [9.17, 15) is 14.9 Å². The molecule has 0 aliphatic heterocycles. The molecule has 0 unspecified atom stereocenters. The van der Waals surface area contributed by atoms with Gasteiger partial charge < -0.3 is 5.32 Å².